The number of fused-ring (bicyclic) bond motifs is 3. The van der Waals surface area contributed by atoms with Gasteiger partial charge in [0, 0.05) is 29.2 Å². The minimum Gasteiger partial charge on any atom is -0.463 e. The molecule has 234 valence electrons. The first-order valence-corrected chi connectivity index (χ1v) is 16.6. The van der Waals surface area contributed by atoms with E-state index in [0.29, 0.717) is 60.7 Å². The van der Waals surface area contributed by atoms with Crippen LogP contribution in [0.4, 0.5) is 0 Å². The number of allylic oxidation sites excluding steroid dienone is 1. The highest BCUT2D eigenvalue weighted by atomic mass is 35.5. The number of aromatic nitrogens is 2. The van der Waals surface area contributed by atoms with Crippen LogP contribution >= 0.6 is 34.5 Å². The number of thiazole rings is 1. The van der Waals surface area contributed by atoms with Crippen LogP contribution < -0.4 is 24.4 Å². The zero-order valence-electron chi connectivity index (χ0n) is 25.1. The molecule has 3 aromatic carbocycles. The zero-order chi connectivity index (χ0) is 31.9. The first-order chi connectivity index (χ1) is 22.4. The normalized spacial score (nSPS) is 15.7. The van der Waals surface area contributed by atoms with Gasteiger partial charge in [0.15, 0.2) is 16.3 Å². The number of rotatable bonds is 8. The standard InChI is InChI=1S/C35H29Cl2N3O5S/c1-3-7-26-31(34(42)43-4-2)32(21-11-13-28-29(15-21)45-19-44-28)40-33(41)30(46-35(40)38-26)16-22-18-39(27-9-6-5-8-23(22)27)17-20-10-12-24(36)25(37)14-20/h5-6,8-16,18,32H,3-4,7,17,19H2,1-2H3/b30-16+. The number of ether oxygens (including phenoxy) is 3. The van der Waals surface area contributed by atoms with E-state index in [2.05, 4.69) is 4.57 Å². The second-order valence-electron chi connectivity index (χ2n) is 11.0. The fraction of sp³-hybridized carbons (Fsp3) is 0.229. The molecule has 2 aliphatic rings. The molecule has 8 nitrogen and oxygen atoms in total. The Bertz CT molecular complexity index is 2230. The summed E-state index contributed by atoms with van der Waals surface area (Å²) in [6, 6.07) is 18.4. The lowest BCUT2D eigenvalue weighted by molar-refractivity contribution is -0.139. The molecule has 0 amide bonds. The molecular weight excluding hydrogens is 645 g/mol. The molecule has 0 saturated carbocycles. The Balaban J connectivity index is 1.40. The molecule has 5 aromatic rings. The van der Waals surface area contributed by atoms with Crippen LogP contribution in [0.25, 0.3) is 17.0 Å². The van der Waals surface area contributed by atoms with Crippen LogP contribution in [0.1, 0.15) is 49.4 Å². The topological polar surface area (TPSA) is 84.0 Å². The Hall–Kier alpha value is -4.31. The van der Waals surface area contributed by atoms with Crippen LogP contribution in [0.15, 0.2) is 87.9 Å². The predicted octanol–water partition coefficient (Wildman–Crippen LogP) is 6.62. The molecule has 7 rings (SSSR count). The second-order valence-corrected chi connectivity index (χ2v) is 12.8. The average molecular weight is 675 g/mol. The van der Waals surface area contributed by atoms with E-state index in [-0.39, 0.29) is 19.0 Å². The SMILES string of the molecule is CCCC1=C(C(=O)OCC)C(c2ccc3c(c2)OCO3)n2c(s/c(=C/c3cn(Cc4ccc(Cl)c(Cl)c4)c4ccccc34)c2=O)=N1. The highest BCUT2D eigenvalue weighted by molar-refractivity contribution is 7.07. The molecule has 11 heteroatoms. The molecule has 0 saturated heterocycles. The van der Waals surface area contributed by atoms with Crippen molar-refractivity contribution in [2.45, 2.75) is 39.3 Å². The summed E-state index contributed by atoms with van der Waals surface area (Å²) in [6.45, 7) is 4.68. The molecule has 0 radical (unpaired) electrons. The summed E-state index contributed by atoms with van der Waals surface area (Å²) in [5.41, 5.74) is 4.35. The van der Waals surface area contributed by atoms with Gasteiger partial charge in [-0.15, -0.1) is 0 Å². The fourth-order valence-electron chi connectivity index (χ4n) is 6.02. The van der Waals surface area contributed by atoms with Crippen molar-refractivity contribution in [3.05, 3.63) is 125 Å². The molecule has 1 unspecified atom stereocenters. The summed E-state index contributed by atoms with van der Waals surface area (Å²) in [5.74, 6) is 0.688. The van der Waals surface area contributed by atoms with Crippen LogP contribution in [0.5, 0.6) is 11.5 Å². The molecule has 0 fully saturated rings. The van der Waals surface area contributed by atoms with E-state index in [0.717, 1.165) is 28.5 Å². The van der Waals surface area contributed by atoms with Crippen LogP contribution in [-0.4, -0.2) is 28.5 Å². The number of para-hydroxylation sites is 1. The second kappa shape index (κ2) is 12.5. The van der Waals surface area contributed by atoms with Crippen LogP contribution in [0.2, 0.25) is 10.0 Å². The van der Waals surface area contributed by atoms with E-state index in [9.17, 15) is 9.59 Å². The molecular formula is C35H29Cl2N3O5S. The highest BCUT2D eigenvalue weighted by Gasteiger charge is 2.35. The maximum Gasteiger partial charge on any atom is 0.338 e. The van der Waals surface area contributed by atoms with Crippen molar-refractivity contribution in [3.63, 3.8) is 0 Å². The molecule has 0 N–H and O–H groups in total. The molecule has 1 atom stereocenters. The summed E-state index contributed by atoms with van der Waals surface area (Å²) in [5, 5.41) is 2.00. The van der Waals surface area contributed by atoms with Crippen LogP contribution in [0.3, 0.4) is 0 Å². The highest BCUT2D eigenvalue weighted by Crippen LogP contribution is 2.39. The maximum absolute atomic E-state index is 14.3. The minimum absolute atomic E-state index is 0.113. The number of carbonyl (C=O) groups excluding carboxylic acids is 1. The Morgan fingerprint density at radius 2 is 1.89 bits per heavy atom. The van der Waals surface area contributed by atoms with E-state index >= 15 is 0 Å². The molecule has 4 heterocycles. The Morgan fingerprint density at radius 1 is 1.07 bits per heavy atom. The van der Waals surface area contributed by atoms with E-state index in [1.165, 1.54) is 11.3 Å². The number of halogens is 2. The minimum atomic E-state index is -0.746. The third-order valence-electron chi connectivity index (χ3n) is 8.05. The Labute approximate surface area is 278 Å². The van der Waals surface area contributed by atoms with E-state index in [1.807, 2.05) is 67.7 Å². The number of hydrogen-bond acceptors (Lipinski definition) is 7. The average Bonchev–Trinajstić information content (AvgIpc) is 3.74. The van der Waals surface area contributed by atoms with Gasteiger partial charge in [0.2, 0.25) is 6.79 Å². The van der Waals surface area contributed by atoms with Gasteiger partial charge in [-0.05, 0) is 60.9 Å². The Kier molecular flexibility index (Phi) is 8.23. The number of esters is 1. The first kappa shape index (κ1) is 30.3. The number of hydrogen-bond donors (Lipinski definition) is 0. The van der Waals surface area contributed by atoms with Crippen molar-refractivity contribution in [3.8, 4) is 11.5 Å². The van der Waals surface area contributed by atoms with Gasteiger partial charge in [0.1, 0.15) is 0 Å². The summed E-state index contributed by atoms with van der Waals surface area (Å²) >= 11 is 13.8. The third-order valence-corrected chi connectivity index (χ3v) is 9.77. The van der Waals surface area contributed by atoms with Crippen molar-refractivity contribution in [2.24, 2.45) is 4.99 Å². The number of benzene rings is 3. The molecule has 0 spiro atoms. The molecule has 0 aliphatic carbocycles. The number of nitrogens with zero attached hydrogens (tertiary/aromatic N) is 3. The van der Waals surface area contributed by atoms with Crippen molar-refractivity contribution in [1.82, 2.24) is 9.13 Å². The van der Waals surface area contributed by atoms with Crippen molar-refractivity contribution in [2.75, 3.05) is 13.4 Å². The lowest BCUT2D eigenvalue weighted by Gasteiger charge is -2.25. The molecule has 2 aromatic heterocycles. The van der Waals surface area contributed by atoms with Gasteiger partial charge < -0.3 is 18.8 Å². The molecule has 2 aliphatic heterocycles. The lowest BCUT2D eigenvalue weighted by Crippen LogP contribution is -2.40. The summed E-state index contributed by atoms with van der Waals surface area (Å²) in [7, 11) is 0. The van der Waals surface area contributed by atoms with Gasteiger partial charge >= 0.3 is 5.97 Å². The quantitative estimate of drug-likeness (QED) is 0.173. The first-order valence-electron chi connectivity index (χ1n) is 15.0. The van der Waals surface area contributed by atoms with Gasteiger partial charge in [0.25, 0.3) is 5.56 Å². The van der Waals surface area contributed by atoms with Crippen molar-refractivity contribution >= 4 is 57.5 Å². The number of carbonyl (C=O) groups is 1. The zero-order valence-corrected chi connectivity index (χ0v) is 27.4. The summed E-state index contributed by atoms with van der Waals surface area (Å²) in [4.78, 5) is 33.3. The van der Waals surface area contributed by atoms with E-state index in [1.54, 1.807) is 23.6 Å². The largest absolute Gasteiger partial charge is 0.463 e. The Morgan fingerprint density at radius 3 is 2.70 bits per heavy atom. The van der Waals surface area contributed by atoms with E-state index < -0.39 is 12.0 Å². The van der Waals surface area contributed by atoms with Gasteiger partial charge in [-0.25, -0.2) is 9.79 Å². The third kappa shape index (κ3) is 5.42. The summed E-state index contributed by atoms with van der Waals surface area (Å²) < 4.78 is 21.0. The maximum atomic E-state index is 14.3. The van der Waals surface area contributed by atoms with Crippen molar-refractivity contribution in [1.29, 1.82) is 0 Å². The monoisotopic (exact) mass is 673 g/mol. The van der Waals surface area contributed by atoms with Gasteiger partial charge in [-0.1, -0.05) is 78.2 Å². The van der Waals surface area contributed by atoms with Crippen molar-refractivity contribution < 1.29 is 19.0 Å². The fourth-order valence-corrected chi connectivity index (χ4v) is 7.35. The smallest absolute Gasteiger partial charge is 0.338 e. The molecule has 46 heavy (non-hydrogen) atoms. The van der Waals surface area contributed by atoms with Crippen LogP contribution in [-0.2, 0) is 16.1 Å². The molecule has 0 bridgehead atoms. The van der Waals surface area contributed by atoms with E-state index in [4.69, 9.17) is 42.4 Å². The van der Waals surface area contributed by atoms with Gasteiger partial charge in [0.05, 0.1) is 38.5 Å². The van der Waals surface area contributed by atoms with Gasteiger partial charge in [-0.2, -0.15) is 0 Å². The summed E-state index contributed by atoms with van der Waals surface area (Å²) in [6.07, 6.45) is 5.26. The predicted molar refractivity (Wildman–Crippen MR) is 180 cm³/mol. The van der Waals surface area contributed by atoms with Gasteiger partial charge in [-0.3, -0.25) is 9.36 Å². The lowest BCUT2D eigenvalue weighted by atomic mass is 9.94. The van der Waals surface area contributed by atoms with Crippen LogP contribution in [0, 0.1) is 0 Å².